The molecule has 7 saturated carbocycles. The molecule has 3 unspecified atom stereocenters. The number of amides is 1. The lowest BCUT2D eigenvalue weighted by atomic mass is 9.32. The number of aliphatic carboxylic acids is 1. The van der Waals surface area contributed by atoms with E-state index in [1.165, 1.54) is 38.5 Å². The predicted molar refractivity (Wildman–Crippen MR) is 215 cm³/mol. The summed E-state index contributed by atoms with van der Waals surface area (Å²) in [4.78, 5) is 45.7. The number of hydrogen-bond acceptors (Lipinski definition) is 5. The van der Waals surface area contributed by atoms with Gasteiger partial charge in [0.25, 0.3) is 0 Å². The lowest BCUT2D eigenvalue weighted by Gasteiger charge is -2.73. The van der Waals surface area contributed by atoms with Crippen LogP contribution in [0.1, 0.15) is 158 Å². The summed E-state index contributed by atoms with van der Waals surface area (Å²) in [6.07, 6.45) is 17.1. The molecule has 0 bridgehead atoms. The zero-order valence-electron chi connectivity index (χ0n) is 36.1. The molecule has 0 aromatic rings. The summed E-state index contributed by atoms with van der Waals surface area (Å²) in [6.45, 7) is 20.0. The first-order chi connectivity index (χ1) is 26.4. The van der Waals surface area contributed by atoms with Crippen molar-refractivity contribution in [1.82, 2.24) is 9.80 Å². The number of carbonyl (C=O) groups excluding carboxylic acids is 2. The van der Waals surface area contributed by atoms with E-state index in [0.29, 0.717) is 54.8 Å². The Morgan fingerprint density at radius 3 is 2.12 bits per heavy atom. The molecule has 0 aromatic carbocycles. The molecule has 56 heavy (non-hydrogen) atoms. The normalized spacial score (nSPS) is 48.5. The van der Waals surface area contributed by atoms with Gasteiger partial charge in [0.15, 0.2) is 0 Å². The molecule has 9 aliphatic rings. The van der Waals surface area contributed by atoms with Crippen molar-refractivity contribution in [2.24, 2.45) is 79.8 Å². The van der Waals surface area contributed by atoms with Crippen molar-refractivity contribution < 1.29 is 28.6 Å². The number of carbonyl (C=O) groups is 3. The third-order valence-corrected chi connectivity index (χ3v) is 20.8. The molecule has 0 radical (unpaired) electrons. The first-order valence-electron chi connectivity index (χ1n) is 23.5. The van der Waals surface area contributed by atoms with E-state index in [1.807, 2.05) is 13.8 Å². The first-order valence-corrected chi connectivity index (χ1v) is 23.5. The van der Waals surface area contributed by atoms with Crippen LogP contribution in [0.2, 0.25) is 0 Å². The molecular formula is C48H75FN2O5. The van der Waals surface area contributed by atoms with Gasteiger partial charge in [0.2, 0.25) is 5.91 Å². The minimum atomic E-state index is -0.810. The highest BCUT2D eigenvalue weighted by Crippen LogP contribution is 2.78. The molecule has 7 nitrogen and oxygen atoms in total. The van der Waals surface area contributed by atoms with Gasteiger partial charge in [-0.1, -0.05) is 48.5 Å². The Morgan fingerprint density at radius 1 is 0.714 bits per heavy atom. The van der Waals surface area contributed by atoms with Gasteiger partial charge in [-0.25, -0.2) is 4.39 Å². The number of fused-ring (bicyclic) bond motifs is 7. The Hall–Kier alpha value is -1.70. The van der Waals surface area contributed by atoms with Crippen LogP contribution >= 0.6 is 0 Å². The smallest absolute Gasteiger partial charge is 0.309 e. The van der Waals surface area contributed by atoms with Gasteiger partial charge in [-0.2, -0.15) is 0 Å². The quantitative estimate of drug-likeness (QED) is 0.259. The van der Waals surface area contributed by atoms with E-state index in [4.69, 9.17) is 4.74 Å². The second-order valence-electron chi connectivity index (χ2n) is 23.4. The van der Waals surface area contributed by atoms with Crippen LogP contribution in [0.5, 0.6) is 0 Å². The van der Waals surface area contributed by atoms with Crippen LogP contribution in [0.3, 0.4) is 0 Å². The summed E-state index contributed by atoms with van der Waals surface area (Å²) in [5, 5.41) is 9.69. The summed E-state index contributed by atoms with van der Waals surface area (Å²) in [7, 11) is 0. The van der Waals surface area contributed by atoms with E-state index in [1.54, 1.807) is 0 Å². The molecule has 9 rings (SSSR count). The summed E-state index contributed by atoms with van der Waals surface area (Å²) in [6, 6.07) is 0.282. The van der Waals surface area contributed by atoms with Crippen LogP contribution < -0.4 is 0 Å². The van der Waals surface area contributed by atoms with E-state index in [2.05, 4.69) is 44.4 Å². The molecular weight excluding hydrogens is 704 g/mol. The summed E-state index contributed by atoms with van der Waals surface area (Å²) >= 11 is 0. The molecule has 1 amide bonds. The highest BCUT2D eigenvalue weighted by molar-refractivity contribution is 5.84. The number of rotatable bonds is 7. The number of nitrogens with zero attached hydrogens (tertiary/aromatic N) is 2. The number of carboxylic acids is 1. The minimum Gasteiger partial charge on any atom is -0.481 e. The SMILES string of the molecule is CC1(C)C2CC[C@]3(C)C(CC[C@@H]4C5[C@H](C6CC6)CC[C@]5(C(=O)N5CCC[C@H]5CN5CCC(F)CC5)CC[C@]43C)[C@@]2(C)CC[C@@H]1OC(=O)[C@H]1C[C@@H](C(=O)O)C1(C)C. The van der Waals surface area contributed by atoms with Crippen LogP contribution in [0.15, 0.2) is 0 Å². The zero-order valence-corrected chi connectivity index (χ0v) is 36.1. The fourth-order valence-electron chi connectivity index (χ4n) is 17.2. The molecule has 0 aromatic heterocycles. The second kappa shape index (κ2) is 13.4. The Kier molecular flexibility index (Phi) is 9.51. The number of halogens is 1. The lowest BCUT2D eigenvalue weighted by molar-refractivity contribution is -0.252. The topological polar surface area (TPSA) is 87.2 Å². The van der Waals surface area contributed by atoms with Crippen LogP contribution in [0.4, 0.5) is 4.39 Å². The van der Waals surface area contributed by atoms with Gasteiger partial charge in [0.05, 0.1) is 17.3 Å². The molecule has 2 aliphatic heterocycles. The molecule has 314 valence electrons. The zero-order chi connectivity index (χ0) is 39.8. The molecule has 13 atom stereocenters. The Morgan fingerprint density at radius 2 is 1.45 bits per heavy atom. The number of alkyl halides is 1. The standard InChI is InChI=1S/C48H75FN2O5/c1-43(2)34(40(52)53)27-35(43)41(54)56-38-16-19-45(5)36(44(38,3)4)15-20-47(7)37(45)13-12-33-39-32(29-10-11-29)14-21-48(39,23-22-46(33,47)6)42(55)51-24-8-9-31(51)28-50-25-17-30(49)18-26-50/h29-39H,8-28H2,1-7H3,(H,52,53)/t31-,32-,33+,34-,35+,36?,37?,38-,39?,45-,46+,47+,48-/m0/s1. The van der Waals surface area contributed by atoms with E-state index in [0.717, 1.165) is 83.5 Å². The van der Waals surface area contributed by atoms with Crippen molar-refractivity contribution in [3.8, 4) is 0 Å². The number of hydrogen-bond donors (Lipinski definition) is 1. The number of carboxylic acid groups (broad SMARTS) is 1. The Bertz CT molecular complexity index is 1590. The van der Waals surface area contributed by atoms with Crippen molar-refractivity contribution in [2.45, 2.75) is 176 Å². The second-order valence-corrected chi connectivity index (χ2v) is 23.4. The van der Waals surface area contributed by atoms with Gasteiger partial charge in [-0.3, -0.25) is 14.4 Å². The maximum absolute atomic E-state index is 15.4. The molecule has 1 N–H and O–H groups in total. The molecule has 9 fully saturated rings. The average molecular weight is 779 g/mol. The third-order valence-electron chi connectivity index (χ3n) is 20.8. The molecule has 2 saturated heterocycles. The van der Waals surface area contributed by atoms with Gasteiger partial charge in [0.1, 0.15) is 12.3 Å². The van der Waals surface area contributed by atoms with Crippen LogP contribution in [-0.4, -0.2) is 77.2 Å². The maximum atomic E-state index is 15.4. The minimum absolute atomic E-state index is 0.145. The van der Waals surface area contributed by atoms with Gasteiger partial charge >= 0.3 is 11.9 Å². The van der Waals surface area contributed by atoms with Crippen LogP contribution in [0.25, 0.3) is 0 Å². The highest BCUT2D eigenvalue weighted by Gasteiger charge is 2.73. The summed E-state index contributed by atoms with van der Waals surface area (Å²) in [5.41, 5.74) is -0.394. The monoisotopic (exact) mass is 779 g/mol. The fraction of sp³-hybridized carbons (Fsp3) is 0.938. The van der Waals surface area contributed by atoms with E-state index < -0.39 is 23.5 Å². The van der Waals surface area contributed by atoms with Gasteiger partial charge in [-0.05, 0) is 166 Å². The van der Waals surface area contributed by atoms with E-state index in [9.17, 15) is 19.1 Å². The molecule has 8 heteroatoms. The number of ether oxygens (including phenoxy) is 1. The average Bonchev–Trinajstić information content (AvgIpc) is 3.74. The van der Waals surface area contributed by atoms with Crippen molar-refractivity contribution in [3.63, 3.8) is 0 Å². The van der Waals surface area contributed by atoms with Crippen molar-refractivity contribution in [1.29, 1.82) is 0 Å². The van der Waals surface area contributed by atoms with Crippen LogP contribution in [0, 0.1) is 79.8 Å². The number of esters is 1. The molecule has 0 spiro atoms. The third kappa shape index (κ3) is 5.63. The molecule has 2 heterocycles. The maximum Gasteiger partial charge on any atom is 0.309 e. The lowest BCUT2D eigenvalue weighted by Crippen LogP contribution is -2.68. The Labute approximate surface area is 337 Å². The number of piperidine rings is 1. The van der Waals surface area contributed by atoms with Gasteiger partial charge < -0.3 is 19.6 Å². The van der Waals surface area contributed by atoms with Gasteiger partial charge in [0, 0.05) is 37.6 Å². The van der Waals surface area contributed by atoms with Crippen LogP contribution in [-0.2, 0) is 19.1 Å². The fourth-order valence-corrected chi connectivity index (χ4v) is 17.2. The van der Waals surface area contributed by atoms with Crippen molar-refractivity contribution in [2.75, 3.05) is 26.2 Å². The highest BCUT2D eigenvalue weighted by atomic mass is 19.1. The number of likely N-dealkylation sites (tertiary alicyclic amines) is 2. The predicted octanol–water partition coefficient (Wildman–Crippen LogP) is 9.56. The molecule has 7 aliphatic carbocycles. The van der Waals surface area contributed by atoms with E-state index >= 15 is 4.79 Å². The summed E-state index contributed by atoms with van der Waals surface area (Å²) in [5.74, 6) is 2.32. The van der Waals surface area contributed by atoms with Crippen molar-refractivity contribution in [3.05, 3.63) is 0 Å². The Balaban J connectivity index is 0.948. The largest absolute Gasteiger partial charge is 0.481 e. The first kappa shape index (κ1) is 39.7. The van der Waals surface area contributed by atoms with Gasteiger partial charge in [-0.15, -0.1) is 0 Å². The summed E-state index contributed by atoms with van der Waals surface area (Å²) < 4.78 is 20.5. The van der Waals surface area contributed by atoms with Crippen molar-refractivity contribution >= 4 is 17.8 Å². The van der Waals surface area contributed by atoms with E-state index in [-0.39, 0.29) is 51.1 Å².